The van der Waals surface area contributed by atoms with Gasteiger partial charge in [-0.3, -0.25) is 18.6 Å². The molecule has 0 aliphatic rings. The summed E-state index contributed by atoms with van der Waals surface area (Å²) in [4.78, 5) is 33.6. The topological polar surface area (TPSA) is 155 Å². The van der Waals surface area contributed by atoms with Crippen LogP contribution in [0.4, 0.5) is 0 Å². The number of carbonyl (C=O) groups excluding carboxylic acids is 1. The van der Waals surface area contributed by atoms with Crippen LogP contribution in [0.1, 0.15) is 200 Å². The van der Waals surface area contributed by atoms with Gasteiger partial charge >= 0.3 is 19.8 Å². The maximum absolute atomic E-state index is 12.7. The molecule has 0 aromatic carbocycles. The molecule has 0 rings (SSSR count). The van der Waals surface area contributed by atoms with Gasteiger partial charge in [0.2, 0.25) is 0 Å². The monoisotopic (exact) mass is 840 g/mol. The van der Waals surface area contributed by atoms with Crippen LogP contribution in [-0.4, -0.2) is 60.5 Å². The number of rotatable bonds is 44. The van der Waals surface area contributed by atoms with Gasteiger partial charge in [0.1, 0.15) is 12.1 Å². The number of hydrogen-bond donors (Lipinski definition) is 3. The van der Waals surface area contributed by atoms with E-state index in [4.69, 9.17) is 29.4 Å². The minimum Gasteiger partial charge on any atom is -0.480 e. The summed E-state index contributed by atoms with van der Waals surface area (Å²) in [6.07, 6.45) is 50.1. The molecule has 0 fully saturated rings. The van der Waals surface area contributed by atoms with E-state index in [9.17, 15) is 19.0 Å². The Kier molecular flexibility index (Phi) is 41.5. The Hall–Kier alpha value is -2.07. The van der Waals surface area contributed by atoms with E-state index in [2.05, 4.69) is 62.5 Å². The minimum absolute atomic E-state index is 0.0151. The van der Waals surface area contributed by atoms with Gasteiger partial charge in [-0.2, -0.15) is 0 Å². The lowest BCUT2D eigenvalue weighted by Crippen LogP contribution is -2.34. The number of nitrogens with two attached hydrogens (primary N) is 1. The average Bonchev–Trinajstić information content (AvgIpc) is 3.20. The molecule has 0 aromatic heterocycles. The molecule has 4 N–H and O–H groups in total. The molecule has 0 aromatic rings. The third-order valence-electron chi connectivity index (χ3n) is 9.87. The first kappa shape index (κ1) is 55.9. The Morgan fingerprint density at radius 1 is 0.569 bits per heavy atom. The Morgan fingerprint density at radius 3 is 1.50 bits per heavy atom. The van der Waals surface area contributed by atoms with Crippen LogP contribution in [0.5, 0.6) is 0 Å². The number of carbonyl (C=O) groups is 2. The van der Waals surface area contributed by atoms with Crippen LogP contribution in [-0.2, 0) is 32.7 Å². The van der Waals surface area contributed by atoms with Gasteiger partial charge in [-0.1, -0.05) is 191 Å². The van der Waals surface area contributed by atoms with Gasteiger partial charge in [0, 0.05) is 13.0 Å². The minimum atomic E-state index is -4.62. The maximum atomic E-state index is 12.7. The van der Waals surface area contributed by atoms with Crippen molar-refractivity contribution in [1.29, 1.82) is 0 Å². The first-order valence-corrected chi connectivity index (χ1v) is 24.7. The molecular weight excluding hydrogens is 753 g/mol. The molecule has 0 saturated carbocycles. The summed E-state index contributed by atoms with van der Waals surface area (Å²) in [5.74, 6) is -1.78. The fraction of sp³-hybridized carbons (Fsp3) is 0.787. The highest BCUT2D eigenvalue weighted by molar-refractivity contribution is 7.47. The van der Waals surface area contributed by atoms with Crippen LogP contribution in [0.3, 0.4) is 0 Å². The smallest absolute Gasteiger partial charge is 0.472 e. The summed E-state index contributed by atoms with van der Waals surface area (Å²) in [7, 11) is -4.62. The van der Waals surface area contributed by atoms with E-state index < -0.39 is 45.1 Å². The highest BCUT2D eigenvalue weighted by Gasteiger charge is 2.27. The van der Waals surface area contributed by atoms with E-state index in [1.807, 2.05) is 0 Å². The molecule has 3 atom stereocenters. The van der Waals surface area contributed by atoms with E-state index in [0.29, 0.717) is 13.0 Å². The van der Waals surface area contributed by atoms with Crippen molar-refractivity contribution < 1.29 is 42.7 Å². The Bertz CT molecular complexity index is 1110. The maximum Gasteiger partial charge on any atom is 0.472 e. The summed E-state index contributed by atoms with van der Waals surface area (Å²) in [6, 6.07) is -1.47. The third-order valence-corrected chi connectivity index (χ3v) is 10.8. The van der Waals surface area contributed by atoms with Crippen molar-refractivity contribution >= 4 is 19.8 Å². The van der Waals surface area contributed by atoms with E-state index in [-0.39, 0.29) is 13.0 Å². The lowest BCUT2D eigenvalue weighted by atomic mass is 10.0. The van der Waals surface area contributed by atoms with Crippen LogP contribution < -0.4 is 5.73 Å². The van der Waals surface area contributed by atoms with Crippen molar-refractivity contribution in [2.24, 2.45) is 5.73 Å². The van der Waals surface area contributed by atoms with Crippen LogP contribution in [0.2, 0.25) is 0 Å². The molecular formula is C47H86NO9P. The Balaban J connectivity index is 4.20. The van der Waals surface area contributed by atoms with Gasteiger partial charge in [-0.05, 0) is 51.4 Å². The van der Waals surface area contributed by atoms with Crippen LogP contribution in [0, 0.1) is 0 Å². The number of carboxylic acids is 1. The molecule has 3 unspecified atom stereocenters. The molecule has 0 aliphatic carbocycles. The standard InChI is InChI=1S/C47H86NO9P/c1-3-5-7-9-11-13-15-17-19-20-21-22-23-24-25-27-29-31-33-35-37-39-46(49)57-44(42-55-58(52,53)56-43-45(48)47(50)51)41-54-40-38-36-34-32-30-28-26-18-16-14-12-10-8-6-4-2/h5,7,11,13,17,19,21-22,44-45H,3-4,6,8-10,12,14-16,18,20,23-43,48H2,1-2H3,(H,50,51)(H,52,53)/b7-5-,13-11-,19-17-,22-21-. The highest BCUT2D eigenvalue weighted by Crippen LogP contribution is 2.43. The lowest BCUT2D eigenvalue weighted by molar-refractivity contribution is -0.154. The van der Waals surface area contributed by atoms with Crippen molar-refractivity contribution in [3.63, 3.8) is 0 Å². The number of phosphoric ester groups is 1. The second-order valence-corrected chi connectivity index (χ2v) is 17.0. The van der Waals surface area contributed by atoms with Gasteiger partial charge < -0.3 is 25.2 Å². The predicted octanol–water partition coefficient (Wildman–Crippen LogP) is 13.0. The fourth-order valence-electron chi connectivity index (χ4n) is 6.30. The summed E-state index contributed by atoms with van der Waals surface area (Å²) in [5, 5.41) is 8.91. The van der Waals surface area contributed by atoms with Gasteiger partial charge in [0.25, 0.3) is 0 Å². The van der Waals surface area contributed by atoms with Crippen molar-refractivity contribution in [1.82, 2.24) is 0 Å². The number of esters is 1. The van der Waals surface area contributed by atoms with Crippen molar-refractivity contribution in [2.45, 2.75) is 212 Å². The van der Waals surface area contributed by atoms with E-state index in [1.165, 1.54) is 103 Å². The number of phosphoric acid groups is 1. The number of carboxylic acid groups (broad SMARTS) is 1. The Labute approximate surface area is 354 Å². The molecule has 0 amide bonds. The van der Waals surface area contributed by atoms with Crippen molar-refractivity contribution in [3.8, 4) is 0 Å². The van der Waals surface area contributed by atoms with Crippen molar-refractivity contribution in [2.75, 3.05) is 26.4 Å². The molecule has 0 aliphatic heterocycles. The van der Waals surface area contributed by atoms with Gasteiger partial charge in [-0.15, -0.1) is 0 Å². The highest BCUT2D eigenvalue weighted by atomic mass is 31.2. The molecule has 0 radical (unpaired) electrons. The zero-order valence-corrected chi connectivity index (χ0v) is 37.8. The average molecular weight is 840 g/mol. The summed E-state index contributed by atoms with van der Waals surface area (Å²) in [5.41, 5.74) is 5.36. The van der Waals surface area contributed by atoms with E-state index in [0.717, 1.165) is 70.6 Å². The van der Waals surface area contributed by atoms with Crippen LogP contribution in [0.25, 0.3) is 0 Å². The third kappa shape index (κ3) is 42.1. The summed E-state index contributed by atoms with van der Waals surface area (Å²) >= 11 is 0. The van der Waals surface area contributed by atoms with Crippen molar-refractivity contribution in [3.05, 3.63) is 48.6 Å². The molecule has 0 saturated heterocycles. The molecule has 0 heterocycles. The molecule has 11 heteroatoms. The van der Waals surface area contributed by atoms with Gasteiger partial charge in [0.05, 0.1) is 19.8 Å². The number of allylic oxidation sites excluding steroid dienone is 8. The molecule has 338 valence electrons. The number of aliphatic carboxylic acids is 1. The summed E-state index contributed by atoms with van der Waals surface area (Å²) < 4.78 is 33.4. The zero-order valence-electron chi connectivity index (χ0n) is 36.9. The van der Waals surface area contributed by atoms with Gasteiger partial charge in [0.15, 0.2) is 0 Å². The normalized spacial score (nSPS) is 14.3. The van der Waals surface area contributed by atoms with Crippen LogP contribution >= 0.6 is 7.82 Å². The molecule has 0 spiro atoms. The van der Waals surface area contributed by atoms with Crippen LogP contribution in [0.15, 0.2) is 48.6 Å². The number of ether oxygens (including phenoxy) is 2. The second kappa shape index (κ2) is 43.0. The van der Waals surface area contributed by atoms with Gasteiger partial charge in [-0.25, -0.2) is 4.57 Å². The molecule has 58 heavy (non-hydrogen) atoms. The van der Waals surface area contributed by atoms with E-state index in [1.54, 1.807) is 0 Å². The first-order chi connectivity index (χ1) is 28.2. The number of hydrogen-bond acceptors (Lipinski definition) is 8. The predicted molar refractivity (Wildman–Crippen MR) is 240 cm³/mol. The Morgan fingerprint density at radius 2 is 1.00 bits per heavy atom. The quantitative estimate of drug-likeness (QED) is 0.0234. The summed E-state index contributed by atoms with van der Waals surface area (Å²) in [6.45, 7) is 3.78. The molecule has 0 bridgehead atoms. The first-order valence-electron chi connectivity index (χ1n) is 23.2. The van der Waals surface area contributed by atoms with E-state index >= 15 is 0 Å². The molecule has 10 nitrogen and oxygen atoms in total. The lowest BCUT2D eigenvalue weighted by Gasteiger charge is -2.20. The second-order valence-electron chi connectivity index (χ2n) is 15.5. The number of unbranched alkanes of at least 4 members (excludes halogenated alkanes) is 22. The zero-order chi connectivity index (χ0) is 42.6. The largest absolute Gasteiger partial charge is 0.480 e. The fourth-order valence-corrected chi connectivity index (χ4v) is 7.08. The SMILES string of the molecule is CC/C=C\C/C=C\C/C=C\C/C=C\CCCCCCCCCCC(=O)OC(COCCCCCCCCCCCCCCCCC)COP(=O)(O)OCC(N)C(=O)O.